The number of hydrogen-bond donors (Lipinski definition) is 2. The molecule has 0 aromatic carbocycles. The van der Waals surface area contributed by atoms with Gasteiger partial charge in [-0.1, -0.05) is 0 Å². The monoisotopic (exact) mass is 226 g/mol. The van der Waals surface area contributed by atoms with Crippen molar-refractivity contribution in [1.29, 1.82) is 0 Å². The Hall–Kier alpha value is -1.53. The Morgan fingerprint density at radius 3 is 3.12 bits per heavy atom. The van der Waals surface area contributed by atoms with Crippen LogP contribution in [0.25, 0.3) is 0 Å². The fourth-order valence-corrected chi connectivity index (χ4v) is 1.63. The molecule has 2 heterocycles. The fourth-order valence-electron chi connectivity index (χ4n) is 1.63. The van der Waals surface area contributed by atoms with Gasteiger partial charge in [0.2, 0.25) is 5.88 Å². The highest BCUT2D eigenvalue weighted by molar-refractivity contribution is 5.57. The number of H-pyrrole nitrogens is 1. The van der Waals surface area contributed by atoms with E-state index in [1.54, 1.807) is 6.07 Å². The lowest BCUT2D eigenvalue weighted by molar-refractivity contribution is -0.0778. The largest absolute Gasteiger partial charge is 0.476 e. The van der Waals surface area contributed by atoms with Crippen LogP contribution in [0.3, 0.4) is 0 Å². The number of nitrogens with zero attached hydrogens (tertiary/aromatic N) is 1. The van der Waals surface area contributed by atoms with Crippen LogP contribution in [0.5, 0.6) is 5.88 Å². The first kappa shape index (κ1) is 11.0. The summed E-state index contributed by atoms with van der Waals surface area (Å²) in [5.41, 5.74) is 0.527. The standard InChI is InChI=1S/C10H14N2O4/c1-12-3-4-16-9-7(12)5-6(8(13)11-9)10(14)15-2/h5,10,14H,3-4H2,1-2H3,(H,11,13). The van der Waals surface area contributed by atoms with E-state index in [-0.39, 0.29) is 5.56 Å². The van der Waals surface area contributed by atoms with Crippen molar-refractivity contribution in [3.05, 3.63) is 22.0 Å². The van der Waals surface area contributed by atoms with E-state index in [9.17, 15) is 9.90 Å². The van der Waals surface area contributed by atoms with Crippen molar-refractivity contribution in [3.8, 4) is 5.88 Å². The van der Waals surface area contributed by atoms with Crippen LogP contribution in [0.2, 0.25) is 0 Å². The van der Waals surface area contributed by atoms with Crippen LogP contribution < -0.4 is 15.2 Å². The molecule has 0 saturated carbocycles. The summed E-state index contributed by atoms with van der Waals surface area (Å²) in [6.07, 6.45) is -1.22. The van der Waals surface area contributed by atoms with Crippen molar-refractivity contribution < 1.29 is 14.6 Å². The molecule has 0 amide bonds. The summed E-state index contributed by atoms with van der Waals surface area (Å²) in [5.74, 6) is 0.436. The minimum absolute atomic E-state index is 0.179. The minimum Gasteiger partial charge on any atom is -0.476 e. The van der Waals surface area contributed by atoms with Gasteiger partial charge in [-0.2, -0.15) is 0 Å². The van der Waals surface area contributed by atoms with Gasteiger partial charge in [0.1, 0.15) is 6.61 Å². The molecule has 88 valence electrons. The van der Waals surface area contributed by atoms with Gasteiger partial charge >= 0.3 is 0 Å². The van der Waals surface area contributed by atoms with E-state index >= 15 is 0 Å². The maximum Gasteiger partial charge on any atom is 0.259 e. The number of likely N-dealkylation sites (N-methyl/N-ethyl adjacent to an activating group) is 1. The second kappa shape index (κ2) is 4.15. The average Bonchev–Trinajstić information content (AvgIpc) is 2.28. The lowest BCUT2D eigenvalue weighted by Gasteiger charge is -2.27. The number of pyridine rings is 1. The number of anilines is 1. The van der Waals surface area contributed by atoms with Crippen LogP contribution >= 0.6 is 0 Å². The predicted molar refractivity (Wildman–Crippen MR) is 57.8 cm³/mol. The van der Waals surface area contributed by atoms with E-state index in [2.05, 4.69) is 4.98 Å². The number of hydrogen-bond acceptors (Lipinski definition) is 5. The Morgan fingerprint density at radius 1 is 1.69 bits per heavy atom. The summed E-state index contributed by atoms with van der Waals surface area (Å²) in [4.78, 5) is 16.1. The molecule has 6 heteroatoms. The molecule has 1 aromatic heterocycles. The summed E-state index contributed by atoms with van der Waals surface area (Å²) in [5, 5.41) is 9.50. The smallest absolute Gasteiger partial charge is 0.259 e. The summed E-state index contributed by atoms with van der Waals surface area (Å²) in [6.45, 7) is 1.27. The van der Waals surface area contributed by atoms with Gasteiger partial charge in [-0.3, -0.25) is 9.78 Å². The molecule has 16 heavy (non-hydrogen) atoms. The second-order valence-electron chi connectivity index (χ2n) is 3.63. The lowest BCUT2D eigenvalue weighted by atomic mass is 10.2. The van der Waals surface area contributed by atoms with Crippen molar-refractivity contribution in [1.82, 2.24) is 4.98 Å². The molecule has 0 saturated heterocycles. The zero-order valence-corrected chi connectivity index (χ0v) is 9.19. The van der Waals surface area contributed by atoms with Crippen molar-refractivity contribution >= 4 is 5.69 Å². The molecule has 1 aromatic rings. The van der Waals surface area contributed by atoms with E-state index in [4.69, 9.17) is 9.47 Å². The number of aliphatic hydroxyl groups is 1. The quantitative estimate of drug-likeness (QED) is 0.685. The number of ether oxygens (including phenoxy) is 2. The van der Waals surface area contributed by atoms with E-state index in [1.807, 2.05) is 11.9 Å². The molecule has 0 spiro atoms. The third-order valence-corrected chi connectivity index (χ3v) is 2.59. The maximum atomic E-state index is 11.6. The van der Waals surface area contributed by atoms with Gasteiger partial charge in [0.05, 0.1) is 17.8 Å². The second-order valence-corrected chi connectivity index (χ2v) is 3.63. The number of methoxy groups -OCH3 is 1. The van der Waals surface area contributed by atoms with Gasteiger partial charge < -0.3 is 19.5 Å². The number of fused-ring (bicyclic) bond motifs is 1. The Labute approximate surface area is 92.4 Å². The highest BCUT2D eigenvalue weighted by atomic mass is 16.6. The summed E-state index contributed by atoms with van der Waals surface area (Å²) in [6, 6.07) is 1.58. The van der Waals surface area contributed by atoms with E-state index in [0.717, 1.165) is 12.2 Å². The molecular weight excluding hydrogens is 212 g/mol. The fraction of sp³-hybridized carbons (Fsp3) is 0.500. The van der Waals surface area contributed by atoms with E-state index in [0.29, 0.717) is 12.5 Å². The molecule has 1 aliphatic rings. The van der Waals surface area contributed by atoms with Crippen LogP contribution in [-0.2, 0) is 4.74 Å². The highest BCUT2D eigenvalue weighted by Gasteiger charge is 2.20. The number of aromatic amines is 1. The number of rotatable bonds is 2. The van der Waals surface area contributed by atoms with Gasteiger partial charge in [-0.05, 0) is 6.07 Å². The number of nitrogens with one attached hydrogen (secondary N) is 1. The molecule has 0 bridgehead atoms. The predicted octanol–water partition coefficient (Wildman–Crippen LogP) is -0.159. The van der Waals surface area contributed by atoms with Crippen molar-refractivity contribution in [3.63, 3.8) is 0 Å². The first-order valence-electron chi connectivity index (χ1n) is 4.95. The lowest BCUT2D eigenvalue weighted by Crippen LogP contribution is -2.32. The molecular formula is C10H14N2O4. The molecule has 0 aliphatic carbocycles. The zero-order valence-electron chi connectivity index (χ0n) is 9.19. The summed E-state index contributed by atoms with van der Waals surface area (Å²) in [7, 11) is 3.23. The first-order valence-corrected chi connectivity index (χ1v) is 4.95. The third-order valence-electron chi connectivity index (χ3n) is 2.59. The van der Waals surface area contributed by atoms with Crippen LogP contribution in [0.1, 0.15) is 11.9 Å². The minimum atomic E-state index is -1.22. The molecule has 1 atom stereocenters. The van der Waals surface area contributed by atoms with Gasteiger partial charge in [0.15, 0.2) is 6.29 Å². The topological polar surface area (TPSA) is 74.8 Å². The molecule has 2 rings (SSSR count). The van der Waals surface area contributed by atoms with E-state index < -0.39 is 11.8 Å². The van der Waals surface area contributed by atoms with Gasteiger partial charge in [0, 0.05) is 14.2 Å². The van der Waals surface area contributed by atoms with E-state index in [1.165, 1.54) is 7.11 Å². The van der Waals surface area contributed by atoms with Crippen LogP contribution in [0, 0.1) is 0 Å². The molecule has 1 unspecified atom stereocenters. The van der Waals surface area contributed by atoms with Crippen molar-refractivity contribution in [2.45, 2.75) is 6.29 Å². The molecule has 0 fully saturated rings. The molecule has 2 N–H and O–H groups in total. The molecule has 1 aliphatic heterocycles. The normalized spacial score (nSPS) is 16.6. The average molecular weight is 226 g/mol. The van der Waals surface area contributed by atoms with Crippen LogP contribution in [0.15, 0.2) is 10.9 Å². The zero-order chi connectivity index (χ0) is 11.7. The van der Waals surface area contributed by atoms with Crippen molar-refractivity contribution in [2.24, 2.45) is 0 Å². The Bertz CT molecular complexity index is 443. The SMILES string of the molecule is COC(O)c1cc2c([nH]c1=O)OCCN2C. The van der Waals surface area contributed by atoms with Gasteiger partial charge in [-0.25, -0.2) is 0 Å². The summed E-state index contributed by atoms with van der Waals surface area (Å²) >= 11 is 0. The Morgan fingerprint density at radius 2 is 2.44 bits per heavy atom. The van der Waals surface area contributed by atoms with Crippen molar-refractivity contribution in [2.75, 3.05) is 32.2 Å². The first-order chi connectivity index (χ1) is 7.63. The van der Waals surface area contributed by atoms with Gasteiger partial charge in [-0.15, -0.1) is 0 Å². The molecule has 6 nitrogen and oxygen atoms in total. The Balaban J connectivity index is 2.50. The number of aromatic nitrogens is 1. The number of aliphatic hydroxyl groups excluding tert-OH is 1. The third kappa shape index (κ3) is 1.77. The maximum absolute atomic E-state index is 11.6. The van der Waals surface area contributed by atoms with Crippen LogP contribution in [-0.4, -0.2) is 37.4 Å². The van der Waals surface area contributed by atoms with Crippen LogP contribution in [0.4, 0.5) is 5.69 Å². The van der Waals surface area contributed by atoms with Gasteiger partial charge in [0.25, 0.3) is 5.56 Å². The molecule has 0 radical (unpaired) electrons. The Kier molecular flexibility index (Phi) is 2.84. The highest BCUT2D eigenvalue weighted by Crippen LogP contribution is 2.28. The summed E-state index contributed by atoms with van der Waals surface area (Å²) < 4.78 is 10.0.